The van der Waals surface area contributed by atoms with Crippen molar-refractivity contribution >= 4 is 5.71 Å². The lowest BCUT2D eigenvalue weighted by atomic mass is 10.0. The molecule has 0 saturated heterocycles. The summed E-state index contributed by atoms with van der Waals surface area (Å²) >= 11 is 0. The minimum atomic E-state index is 0. The van der Waals surface area contributed by atoms with Crippen molar-refractivity contribution in [2.24, 2.45) is 0 Å². The molecule has 2 N–H and O–H groups in total. The average molecular weight is 156 g/mol. The van der Waals surface area contributed by atoms with Gasteiger partial charge in [0.25, 0.3) is 0 Å². The van der Waals surface area contributed by atoms with Gasteiger partial charge in [0, 0.05) is 11.6 Å². The third-order valence-electron chi connectivity index (χ3n) is 1.33. The van der Waals surface area contributed by atoms with E-state index in [4.69, 9.17) is 5.41 Å². The minimum Gasteiger partial charge on any atom is -1.00 e. The lowest BCUT2D eigenvalue weighted by molar-refractivity contribution is -0.111. The predicted molar refractivity (Wildman–Crippen MR) is 39.0 cm³/mol. The van der Waals surface area contributed by atoms with E-state index in [1.54, 1.807) is 0 Å². The summed E-state index contributed by atoms with van der Waals surface area (Å²) < 4.78 is 0. The van der Waals surface area contributed by atoms with Gasteiger partial charge in [0.15, 0.2) is 5.71 Å². The first-order chi connectivity index (χ1) is 4.20. The van der Waals surface area contributed by atoms with Crippen molar-refractivity contribution in [1.29, 1.82) is 0 Å². The fraction of sp³-hybridized carbons (Fsp3) is 0.125. The molecule has 0 saturated carbocycles. The van der Waals surface area contributed by atoms with Gasteiger partial charge in [0.05, 0.1) is 0 Å². The lowest BCUT2D eigenvalue weighted by Gasteiger charge is -1.99. The molecule has 2 heteroatoms. The minimum absolute atomic E-state index is 0. The smallest absolute Gasteiger partial charge is 0.199 e. The van der Waals surface area contributed by atoms with Crippen LogP contribution in [0.3, 0.4) is 0 Å². The monoisotopic (exact) mass is 155 g/mol. The van der Waals surface area contributed by atoms with Crippen molar-refractivity contribution in [3.8, 4) is 0 Å². The fourth-order valence-electron chi connectivity index (χ4n) is 0.738. The summed E-state index contributed by atoms with van der Waals surface area (Å²) in [5.41, 5.74) is 2.95. The Hall–Kier alpha value is -0.820. The molecule has 0 aromatic carbocycles. The summed E-state index contributed by atoms with van der Waals surface area (Å²) in [5, 5.41) is 5.56. The highest BCUT2D eigenvalue weighted by Gasteiger charge is 2.04. The van der Waals surface area contributed by atoms with Crippen molar-refractivity contribution in [1.82, 2.24) is 0 Å². The number of hydrogen-bond acceptors (Lipinski definition) is 0. The SMILES string of the molecule is C=C1C=CC(=[NH2+])C(C)=C1.[Cl-]. The molecule has 1 nitrogen and oxygen atoms in total. The van der Waals surface area contributed by atoms with Gasteiger partial charge in [-0.05, 0) is 24.6 Å². The Morgan fingerprint density at radius 3 is 2.40 bits per heavy atom. The summed E-state index contributed by atoms with van der Waals surface area (Å²) in [6.07, 6.45) is 5.75. The molecule has 0 radical (unpaired) electrons. The van der Waals surface area contributed by atoms with Gasteiger partial charge in [-0.1, -0.05) is 6.58 Å². The van der Waals surface area contributed by atoms with Crippen LogP contribution < -0.4 is 17.8 Å². The van der Waals surface area contributed by atoms with E-state index in [1.807, 2.05) is 25.2 Å². The molecule has 0 heterocycles. The molecule has 0 aromatic heterocycles. The quantitative estimate of drug-likeness (QED) is 0.393. The molecule has 1 aliphatic carbocycles. The summed E-state index contributed by atoms with van der Waals surface area (Å²) in [5.74, 6) is 0. The third kappa shape index (κ3) is 1.85. The van der Waals surface area contributed by atoms with E-state index >= 15 is 0 Å². The van der Waals surface area contributed by atoms with Crippen LogP contribution in [0, 0.1) is 0 Å². The molecule has 0 unspecified atom stereocenters. The van der Waals surface area contributed by atoms with Gasteiger partial charge in [-0.25, -0.2) is 0 Å². The summed E-state index contributed by atoms with van der Waals surface area (Å²) in [7, 11) is 0. The third-order valence-corrected chi connectivity index (χ3v) is 1.33. The zero-order valence-corrected chi connectivity index (χ0v) is 6.65. The zero-order chi connectivity index (χ0) is 6.85. The molecular formula is C8H10ClN. The molecule has 0 bridgehead atoms. The van der Waals surface area contributed by atoms with Crippen LogP contribution in [0.25, 0.3) is 0 Å². The van der Waals surface area contributed by atoms with Gasteiger partial charge in [-0.2, -0.15) is 0 Å². The topological polar surface area (TPSA) is 25.6 Å². The van der Waals surface area contributed by atoms with Gasteiger partial charge in [-0.3, -0.25) is 5.41 Å². The molecule has 54 valence electrons. The van der Waals surface area contributed by atoms with Gasteiger partial charge in [-0.15, -0.1) is 0 Å². The highest BCUT2D eigenvalue weighted by Crippen LogP contribution is 2.07. The van der Waals surface area contributed by atoms with Crippen molar-refractivity contribution in [2.45, 2.75) is 6.92 Å². The van der Waals surface area contributed by atoms with Crippen LogP contribution in [0.2, 0.25) is 0 Å². The first-order valence-electron chi connectivity index (χ1n) is 2.88. The molecule has 0 fully saturated rings. The van der Waals surface area contributed by atoms with E-state index in [-0.39, 0.29) is 12.4 Å². The van der Waals surface area contributed by atoms with Crippen LogP contribution in [0.5, 0.6) is 0 Å². The van der Waals surface area contributed by atoms with E-state index in [0.29, 0.717) is 0 Å². The average Bonchev–Trinajstić information content (AvgIpc) is 1.80. The summed E-state index contributed by atoms with van der Waals surface area (Å²) in [6.45, 7) is 5.74. The van der Waals surface area contributed by atoms with Crippen LogP contribution in [0.4, 0.5) is 0 Å². The molecule has 0 spiro atoms. The lowest BCUT2D eigenvalue weighted by Crippen LogP contribution is -3.00. The molecule has 10 heavy (non-hydrogen) atoms. The molecule has 0 aromatic rings. The van der Waals surface area contributed by atoms with Crippen LogP contribution in [-0.2, 0) is 0 Å². The molecule has 1 rings (SSSR count). The van der Waals surface area contributed by atoms with E-state index in [1.165, 1.54) is 0 Å². The zero-order valence-electron chi connectivity index (χ0n) is 5.89. The van der Waals surface area contributed by atoms with Crippen LogP contribution in [0.15, 0.2) is 36.0 Å². The highest BCUT2D eigenvalue weighted by molar-refractivity contribution is 6.05. The summed E-state index contributed by atoms with van der Waals surface area (Å²) in [6, 6.07) is 0. The van der Waals surface area contributed by atoms with E-state index < -0.39 is 0 Å². The molecule has 0 atom stereocenters. The van der Waals surface area contributed by atoms with Gasteiger partial charge >= 0.3 is 0 Å². The van der Waals surface area contributed by atoms with Crippen LogP contribution in [-0.4, -0.2) is 5.71 Å². The molecule has 0 amide bonds. The number of halogens is 1. The van der Waals surface area contributed by atoms with E-state index in [9.17, 15) is 0 Å². The number of nitrogens with two attached hydrogens (primary N) is 1. The van der Waals surface area contributed by atoms with Crippen molar-refractivity contribution in [2.75, 3.05) is 0 Å². The maximum absolute atomic E-state index is 5.56. The molecule has 0 aliphatic heterocycles. The van der Waals surface area contributed by atoms with Crippen LogP contribution >= 0.6 is 0 Å². The van der Waals surface area contributed by atoms with Gasteiger partial charge in [0.2, 0.25) is 0 Å². The summed E-state index contributed by atoms with van der Waals surface area (Å²) in [4.78, 5) is 0. The Kier molecular flexibility index (Phi) is 3.10. The number of hydrogen-bond donors (Lipinski definition) is 1. The highest BCUT2D eigenvalue weighted by atomic mass is 35.5. The van der Waals surface area contributed by atoms with Gasteiger partial charge in [0.1, 0.15) is 0 Å². The first-order valence-corrected chi connectivity index (χ1v) is 2.88. The van der Waals surface area contributed by atoms with Crippen molar-refractivity contribution < 1.29 is 17.8 Å². The standard InChI is InChI=1S/C8H9N.ClH/c1-6-3-4-8(9)7(2)5-6;/h3-5,9H,1H2,2H3;1H. The van der Waals surface area contributed by atoms with E-state index in [2.05, 4.69) is 6.58 Å². The Morgan fingerprint density at radius 1 is 1.40 bits per heavy atom. The number of rotatable bonds is 0. The Morgan fingerprint density at radius 2 is 2.00 bits per heavy atom. The van der Waals surface area contributed by atoms with E-state index in [0.717, 1.165) is 16.9 Å². The first kappa shape index (κ1) is 9.18. The Labute approximate surface area is 67.1 Å². The Bertz CT molecular complexity index is 223. The number of allylic oxidation sites excluding steroid dienone is 5. The second-order valence-electron chi connectivity index (χ2n) is 2.19. The Balaban J connectivity index is 0.000000810. The van der Waals surface area contributed by atoms with Crippen molar-refractivity contribution in [3.05, 3.63) is 36.0 Å². The fourth-order valence-corrected chi connectivity index (χ4v) is 0.738. The maximum atomic E-state index is 5.56. The van der Waals surface area contributed by atoms with Crippen LogP contribution in [0.1, 0.15) is 6.92 Å². The molecule has 1 aliphatic rings. The largest absolute Gasteiger partial charge is 1.00 e. The normalized spacial score (nSPS) is 16.3. The molecular weight excluding hydrogens is 146 g/mol. The predicted octanol–water partition coefficient (Wildman–Crippen LogP) is -2.74. The maximum Gasteiger partial charge on any atom is 0.199 e. The second-order valence-corrected chi connectivity index (χ2v) is 2.19. The van der Waals surface area contributed by atoms with Gasteiger partial charge < -0.3 is 12.4 Å². The van der Waals surface area contributed by atoms with Crippen molar-refractivity contribution in [3.63, 3.8) is 0 Å². The second kappa shape index (κ2) is 3.37.